The van der Waals surface area contributed by atoms with Crippen molar-refractivity contribution in [2.24, 2.45) is 0 Å². The lowest BCUT2D eigenvalue weighted by Gasteiger charge is -1.99. The van der Waals surface area contributed by atoms with E-state index in [1.807, 2.05) is 0 Å². The first-order valence-corrected chi connectivity index (χ1v) is 3.59. The first-order chi connectivity index (χ1) is 6.15. The van der Waals surface area contributed by atoms with E-state index in [-0.39, 0.29) is 12.1 Å². The zero-order chi connectivity index (χ0) is 9.84. The molecular weight excluding hydrogens is 170 g/mol. The van der Waals surface area contributed by atoms with Crippen molar-refractivity contribution in [3.05, 3.63) is 46.4 Å². The molecule has 1 aromatic carbocycles. The van der Waals surface area contributed by atoms with Crippen molar-refractivity contribution in [1.29, 1.82) is 0 Å². The Kier molecular flexibility index (Phi) is 2.74. The van der Waals surface area contributed by atoms with Gasteiger partial charge >= 0.3 is 0 Å². The fourth-order valence-electron chi connectivity index (χ4n) is 1.04. The average Bonchev–Trinajstić information content (AvgIpc) is 2.04. The number of nitro groups is 1. The molecule has 0 aliphatic rings. The van der Waals surface area contributed by atoms with E-state index >= 15 is 0 Å². The van der Waals surface area contributed by atoms with Gasteiger partial charge in [-0.1, -0.05) is 6.07 Å². The molecule has 1 aromatic rings. The lowest BCUT2D eigenvalue weighted by molar-refractivity contribution is -0.385. The van der Waals surface area contributed by atoms with Gasteiger partial charge in [0.1, 0.15) is 0 Å². The lowest BCUT2D eigenvalue weighted by Crippen LogP contribution is -1.96. The van der Waals surface area contributed by atoms with Gasteiger partial charge in [0.15, 0.2) is 0 Å². The van der Waals surface area contributed by atoms with Gasteiger partial charge in [0.25, 0.3) is 5.69 Å². The Labute approximate surface area is 75.3 Å². The summed E-state index contributed by atoms with van der Waals surface area (Å²) in [6.07, 6.45) is 1.55. The number of nitro benzene ring substituents is 1. The standard InChI is InChI=1S/C9H7NO3/c1-7-2-3-9(10(12)13)8(6-7)4-5-11/h2-3,6H,1,4H2. The first kappa shape index (κ1) is 9.38. The molecule has 0 amide bonds. The number of rotatable bonds is 3. The maximum Gasteiger partial charge on any atom is 0.273 e. The third-order valence-electron chi connectivity index (χ3n) is 1.60. The van der Waals surface area contributed by atoms with Crippen LogP contribution in [0, 0.1) is 17.0 Å². The lowest BCUT2D eigenvalue weighted by atomic mass is 10.1. The van der Waals surface area contributed by atoms with E-state index in [0.717, 1.165) is 0 Å². The second kappa shape index (κ2) is 3.80. The maximum absolute atomic E-state index is 10.5. The molecule has 66 valence electrons. The third kappa shape index (κ3) is 2.11. The summed E-state index contributed by atoms with van der Waals surface area (Å²) < 4.78 is 0. The highest BCUT2D eigenvalue weighted by Crippen LogP contribution is 2.19. The molecule has 4 nitrogen and oxygen atoms in total. The van der Waals surface area contributed by atoms with Crippen LogP contribution in [0.1, 0.15) is 11.1 Å². The van der Waals surface area contributed by atoms with Gasteiger partial charge in [0.05, 0.1) is 4.92 Å². The molecule has 0 bridgehead atoms. The van der Waals surface area contributed by atoms with Crippen LogP contribution >= 0.6 is 0 Å². The minimum Gasteiger partial charge on any atom is -0.291 e. The highest BCUT2D eigenvalue weighted by atomic mass is 16.6. The Balaban J connectivity index is 3.17. The van der Waals surface area contributed by atoms with Crippen molar-refractivity contribution >= 4 is 12.0 Å². The highest BCUT2D eigenvalue weighted by molar-refractivity contribution is 5.60. The molecule has 0 saturated carbocycles. The Morgan fingerprint density at radius 1 is 1.54 bits per heavy atom. The fraction of sp³-hybridized carbons (Fsp3) is 0.111. The molecule has 0 spiro atoms. The summed E-state index contributed by atoms with van der Waals surface area (Å²) in [7, 11) is 0. The minimum atomic E-state index is -0.522. The average molecular weight is 177 g/mol. The number of nitrogens with zero attached hydrogens (tertiary/aromatic N) is 1. The van der Waals surface area contributed by atoms with E-state index < -0.39 is 4.92 Å². The predicted molar refractivity (Wildman–Crippen MR) is 47.0 cm³/mol. The van der Waals surface area contributed by atoms with E-state index in [0.29, 0.717) is 11.1 Å². The van der Waals surface area contributed by atoms with E-state index in [1.54, 1.807) is 6.29 Å². The molecule has 0 fully saturated rings. The fourth-order valence-corrected chi connectivity index (χ4v) is 1.04. The van der Waals surface area contributed by atoms with Gasteiger partial charge in [-0.05, 0) is 18.6 Å². The Morgan fingerprint density at radius 2 is 2.23 bits per heavy atom. The van der Waals surface area contributed by atoms with Crippen molar-refractivity contribution in [3.8, 4) is 0 Å². The molecule has 2 radical (unpaired) electrons. The molecular formula is C9H7NO3. The molecule has 0 aromatic heterocycles. The van der Waals surface area contributed by atoms with Crippen LogP contribution in [-0.4, -0.2) is 11.2 Å². The molecule has 0 aliphatic carbocycles. The SMILES string of the molecule is [CH2]c1ccc([N+](=O)[O-])c(C[C]=O)c1. The Morgan fingerprint density at radius 3 is 2.77 bits per heavy atom. The van der Waals surface area contributed by atoms with Gasteiger partial charge in [0, 0.05) is 18.1 Å². The van der Waals surface area contributed by atoms with Gasteiger partial charge in [-0.25, -0.2) is 0 Å². The van der Waals surface area contributed by atoms with Crippen LogP contribution in [0.5, 0.6) is 0 Å². The zero-order valence-electron chi connectivity index (χ0n) is 6.82. The summed E-state index contributed by atoms with van der Waals surface area (Å²) in [4.78, 5) is 20.0. The Hall–Kier alpha value is -1.71. The minimum absolute atomic E-state index is 0.0595. The quantitative estimate of drug-likeness (QED) is 0.518. The molecule has 0 aliphatic heterocycles. The normalized spacial score (nSPS) is 9.62. The summed E-state index contributed by atoms with van der Waals surface area (Å²) in [5.41, 5.74) is 0.944. The van der Waals surface area contributed by atoms with Crippen molar-refractivity contribution in [2.75, 3.05) is 0 Å². The molecule has 1 rings (SSSR count). The van der Waals surface area contributed by atoms with Gasteiger partial charge in [0.2, 0.25) is 6.29 Å². The van der Waals surface area contributed by atoms with Crippen LogP contribution in [0.3, 0.4) is 0 Å². The zero-order valence-corrected chi connectivity index (χ0v) is 6.82. The molecule has 4 heteroatoms. The van der Waals surface area contributed by atoms with Crippen molar-refractivity contribution < 1.29 is 9.72 Å². The second-order valence-electron chi connectivity index (χ2n) is 2.54. The summed E-state index contributed by atoms with van der Waals surface area (Å²) in [6, 6.07) is 4.39. The van der Waals surface area contributed by atoms with Gasteiger partial charge in [-0.15, -0.1) is 0 Å². The number of hydrogen-bond acceptors (Lipinski definition) is 3. The van der Waals surface area contributed by atoms with E-state index in [9.17, 15) is 14.9 Å². The smallest absolute Gasteiger partial charge is 0.273 e. The first-order valence-electron chi connectivity index (χ1n) is 3.59. The van der Waals surface area contributed by atoms with Crippen LogP contribution in [0.15, 0.2) is 18.2 Å². The summed E-state index contributed by atoms with van der Waals surface area (Å²) in [6.45, 7) is 3.61. The largest absolute Gasteiger partial charge is 0.291 e. The van der Waals surface area contributed by atoms with E-state index in [1.165, 1.54) is 18.2 Å². The second-order valence-corrected chi connectivity index (χ2v) is 2.54. The molecule has 0 unspecified atom stereocenters. The van der Waals surface area contributed by atoms with Crippen molar-refractivity contribution in [2.45, 2.75) is 6.42 Å². The summed E-state index contributed by atoms with van der Waals surface area (Å²) in [5, 5.41) is 10.5. The van der Waals surface area contributed by atoms with Gasteiger partial charge in [-0.3, -0.25) is 14.9 Å². The van der Waals surface area contributed by atoms with Crippen LogP contribution in [-0.2, 0) is 11.2 Å². The van der Waals surface area contributed by atoms with Crippen molar-refractivity contribution in [3.63, 3.8) is 0 Å². The third-order valence-corrected chi connectivity index (χ3v) is 1.60. The topological polar surface area (TPSA) is 60.2 Å². The number of benzene rings is 1. The molecule has 0 saturated heterocycles. The molecule has 0 atom stereocenters. The van der Waals surface area contributed by atoms with Crippen molar-refractivity contribution in [1.82, 2.24) is 0 Å². The number of carbonyl (C=O) groups excluding carboxylic acids is 1. The van der Waals surface area contributed by atoms with Crippen LogP contribution in [0.4, 0.5) is 5.69 Å². The monoisotopic (exact) mass is 177 g/mol. The molecule has 13 heavy (non-hydrogen) atoms. The predicted octanol–water partition coefficient (Wildman–Crippen LogP) is 1.43. The maximum atomic E-state index is 10.5. The van der Waals surface area contributed by atoms with E-state index in [2.05, 4.69) is 6.92 Å². The Bertz CT molecular complexity index is 347. The van der Waals surface area contributed by atoms with Crippen LogP contribution in [0.25, 0.3) is 0 Å². The highest BCUT2D eigenvalue weighted by Gasteiger charge is 2.12. The van der Waals surface area contributed by atoms with Gasteiger partial charge in [-0.2, -0.15) is 0 Å². The van der Waals surface area contributed by atoms with Gasteiger partial charge < -0.3 is 0 Å². The molecule has 0 heterocycles. The van der Waals surface area contributed by atoms with Crippen LogP contribution < -0.4 is 0 Å². The van der Waals surface area contributed by atoms with E-state index in [4.69, 9.17) is 0 Å². The van der Waals surface area contributed by atoms with Crippen LogP contribution in [0.2, 0.25) is 0 Å². The molecule has 0 N–H and O–H groups in total. The summed E-state index contributed by atoms with van der Waals surface area (Å²) >= 11 is 0. The summed E-state index contributed by atoms with van der Waals surface area (Å²) in [5.74, 6) is 0. The number of hydrogen-bond donors (Lipinski definition) is 0.